The third-order valence-corrected chi connectivity index (χ3v) is 2.11. The third-order valence-electron chi connectivity index (χ3n) is 1.58. The topological polar surface area (TPSA) is 56.9 Å². The lowest BCUT2D eigenvalue weighted by molar-refractivity contribution is 0.150. The molecule has 0 radical (unpaired) electrons. The highest BCUT2D eigenvalue weighted by atomic mass is 79.9. The Bertz CT molecular complexity index is 390. The normalized spacial score (nSPS) is 10.2. The van der Waals surface area contributed by atoms with E-state index >= 15 is 0 Å². The van der Waals surface area contributed by atoms with Crippen LogP contribution in [0.5, 0.6) is 5.75 Å². The Kier molecular flexibility index (Phi) is 3.36. The van der Waals surface area contributed by atoms with Crippen molar-refractivity contribution in [3.63, 3.8) is 0 Å². The molecule has 0 spiro atoms. The molecule has 3 nitrogen and oxygen atoms in total. The predicted octanol–water partition coefficient (Wildman–Crippen LogP) is 2.49. The van der Waals surface area contributed by atoms with Crippen LogP contribution in [0.3, 0.4) is 0 Å². The monoisotopic (exact) mass is 262 g/mol. The zero-order chi connectivity index (χ0) is 10.7. The van der Waals surface area contributed by atoms with Crippen LogP contribution in [-0.4, -0.2) is 10.1 Å². The third kappa shape index (κ3) is 1.99. The zero-order valence-corrected chi connectivity index (χ0v) is 8.42. The number of hydrogen-bond acceptors (Lipinski definition) is 3. The molecule has 74 valence electrons. The van der Waals surface area contributed by atoms with Crippen molar-refractivity contribution in [3.8, 4) is 11.8 Å². The summed E-state index contributed by atoms with van der Waals surface area (Å²) in [4.78, 5) is 3.59. The van der Waals surface area contributed by atoms with Gasteiger partial charge in [0.05, 0.1) is 11.3 Å². The summed E-state index contributed by atoms with van der Waals surface area (Å²) in [5, 5.41) is 18.0. The van der Waals surface area contributed by atoms with Crippen LogP contribution in [0.2, 0.25) is 0 Å². The molecule has 1 rings (SSSR count). The van der Waals surface area contributed by atoms with Gasteiger partial charge in [-0.2, -0.15) is 5.26 Å². The van der Waals surface area contributed by atoms with Gasteiger partial charge in [0.1, 0.15) is 17.5 Å². The average Bonchev–Trinajstić information content (AvgIpc) is 2.17. The molecule has 0 atom stereocenters. The van der Waals surface area contributed by atoms with Crippen molar-refractivity contribution in [1.29, 1.82) is 5.26 Å². The summed E-state index contributed by atoms with van der Waals surface area (Å²) in [5.41, 5.74) is -0.729. The Morgan fingerprint density at radius 3 is 2.71 bits per heavy atom. The van der Waals surface area contributed by atoms with Crippen molar-refractivity contribution in [2.24, 2.45) is 0 Å². The Morgan fingerprint density at radius 1 is 1.64 bits per heavy atom. The number of nitrogens with zero attached hydrogens (tertiary/aromatic N) is 2. The molecule has 1 aromatic rings. The molecule has 0 aliphatic heterocycles. The van der Waals surface area contributed by atoms with Crippen LogP contribution in [0.1, 0.15) is 23.4 Å². The van der Waals surface area contributed by atoms with Crippen LogP contribution in [0.25, 0.3) is 0 Å². The minimum atomic E-state index is -2.81. The molecule has 0 aliphatic rings. The zero-order valence-electron chi connectivity index (χ0n) is 6.84. The van der Waals surface area contributed by atoms with Gasteiger partial charge < -0.3 is 5.11 Å². The molecule has 0 bridgehead atoms. The maximum atomic E-state index is 12.3. The van der Waals surface area contributed by atoms with E-state index in [4.69, 9.17) is 5.26 Å². The van der Waals surface area contributed by atoms with E-state index in [1.165, 1.54) is 0 Å². The number of pyridine rings is 1. The summed E-state index contributed by atoms with van der Waals surface area (Å²) >= 11 is 3.01. The van der Waals surface area contributed by atoms with E-state index in [-0.39, 0.29) is 22.5 Å². The van der Waals surface area contributed by atoms with Gasteiger partial charge in [0.25, 0.3) is 6.43 Å². The highest BCUT2D eigenvalue weighted by molar-refractivity contribution is 9.08. The van der Waals surface area contributed by atoms with E-state index in [2.05, 4.69) is 20.9 Å². The number of alkyl halides is 3. The van der Waals surface area contributed by atoms with E-state index < -0.39 is 12.0 Å². The lowest BCUT2D eigenvalue weighted by Gasteiger charge is -2.05. The minimum absolute atomic E-state index is 0.172. The molecule has 0 saturated heterocycles. The van der Waals surface area contributed by atoms with Crippen LogP contribution in [0, 0.1) is 11.3 Å². The molecule has 0 saturated carbocycles. The number of hydrogen-bond donors (Lipinski definition) is 1. The Hall–Kier alpha value is -1.22. The number of rotatable bonds is 2. The molecular weight excluding hydrogens is 258 g/mol. The first-order valence-corrected chi connectivity index (χ1v) is 4.69. The van der Waals surface area contributed by atoms with Crippen LogP contribution < -0.4 is 0 Å². The fourth-order valence-electron chi connectivity index (χ4n) is 0.910. The van der Waals surface area contributed by atoms with Gasteiger partial charge in [-0.3, -0.25) is 0 Å². The van der Waals surface area contributed by atoms with Gasteiger partial charge in [0, 0.05) is 5.33 Å². The summed E-state index contributed by atoms with van der Waals surface area (Å²) < 4.78 is 24.6. The van der Waals surface area contributed by atoms with E-state index in [9.17, 15) is 13.9 Å². The average molecular weight is 263 g/mol. The van der Waals surface area contributed by atoms with E-state index in [0.29, 0.717) is 0 Å². The first-order chi connectivity index (χ1) is 6.60. The van der Waals surface area contributed by atoms with Gasteiger partial charge in [0.15, 0.2) is 0 Å². The van der Waals surface area contributed by atoms with Crippen LogP contribution in [0.4, 0.5) is 8.78 Å². The molecule has 14 heavy (non-hydrogen) atoms. The number of nitriles is 1. The van der Waals surface area contributed by atoms with Gasteiger partial charge >= 0.3 is 0 Å². The second kappa shape index (κ2) is 4.33. The smallest absolute Gasteiger partial charge is 0.266 e. The summed E-state index contributed by atoms with van der Waals surface area (Å²) in [6, 6.07) is 2.42. The van der Waals surface area contributed by atoms with Crippen molar-refractivity contribution >= 4 is 15.9 Å². The molecule has 0 aliphatic carbocycles. The Labute approximate surface area is 87.1 Å². The lowest BCUT2D eigenvalue weighted by Crippen LogP contribution is -1.98. The predicted molar refractivity (Wildman–Crippen MR) is 48.2 cm³/mol. The second-order valence-electron chi connectivity index (χ2n) is 2.44. The first kappa shape index (κ1) is 10.9. The fraction of sp³-hybridized carbons (Fsp3) is 0.250. The molecule has 1 heterocycles. The van der Waals surface area contributed by atoms with Gasteiger partial charge in [-0.25, -0.2) is 13.8 Å². The van der Waals surface area contributed by atoms with Gasteiger partial charge in [-0.1, -0.05) is 15.9 Å². The minimum Gasteiger partial charge on any atom is -0.506 e. The first-order valence-electron chi connectivity index (χ1n) is 3.57. The largest absolute Gasteiger partial charge is 0.506 e. The van der Waals surface area contributed by atoms with Crippen molar-refractivity contribution in [1.82, 2.24) is 4.98 Å². The van der Waals surface area contributed by atoms with Gasteiger partial charge in [-0.05, 0) is 6.07 Å². The summed E-state index contributed by atoms with van der Waals surface area (Å²) in [5.74, 6) is -0.337. The Balaban J connectivity index is 3.33. The number of aromatic hydroxyl groups is 1. The van der Waals surface area contributed by atoms with Crippen LogP contribution in [0.15, 0.2) is 6.07 Å². The standard InChI is InChI=1S/C8H5BrF2N2O/c9-2-5-7(14)1-4(8(10)11)6(3-12)13-5/h1,8,14H,2H2. The van der Waals surface area contributed by atoms with Gasteiger partial charge in [-0.15, -0.1) is 0 Å². The van der Waals surface area contributed by atoms with E-state index in [1.807, 2.05) is 0 Å². The van der Waals surface area contributed by atoms with Crippen LogP contribution >= 0.6 is 15.9 Å². The maximum absolute atomic E-state index is 12.3. The lowest BCUT2D eigenvalue weighted by atomic mass is 10.2. The van der Waals surface area contributed by atoms with Crippen molar-refractivity contribution in [2.45, 2.75) is 11.8 Å². The quantitative estimate of drug-likeness (QED) is 0.834. The molecule has 6 heteroatoms. The number of halogens is 3. The van der Waals surface area contributed by atoms with Crippen molar-refractivity contribution in [3.05, 3.63) is 23.0 Å². The Morgan fingerprint density at radius 2 is 2.29 bits per heavy atom. The molecule has 0 amide bonds. The molecule has 1 N–H and O–H groups in total. The summed E-state index contributed by atoms with van der Waals surface area (Å²) in [6.07, 6.45) is -2.81. The van der Waals surface area contributed by atoms with E-state index in [0.717, 1.165) is 6.07 Å². The maximum Gasteiger partial charge on any atom is 0.266 e. The van der Waals surface area contributed by atoms with Crippen molar-refractivity contribution in [2.75, 3.05) is 0 Å². The molecule has 1 aromatic heterocycles. The second-order valence-corrected chi connectivity index (χ2v) is 3.00. The summed E-state index contributed by atoms with van der Waals surface area (Å²) in [7, 11) is 0. The molecule has 0 aromatic carbocycles. The highest BCUT2D eigenvalue weighted by Crippen LogP contribution is 2.27. The SMILES string of the molecule is N#Cc1nc(CBr)c(O)cc1C(F)F. The highest BCUT2D eigenvalue weighted by Gasteiger charge is 2.17. The van der Waals surface area contributed by atoms with Gasteiger partial charge in [0.2, 0.25) is 0 Å². The fourth-order valence-corrected chi connectivity index (χ4v) is 1.32. The van der Waals surface area contributed by atoms with E-state index in [1.54, 1.807) is 6.07 Å². The molecular formula is C8H5BrF2N2O. The van der Waals surface area contributed by atoms with Crippen LogP contribution in [-0.2, 0) is 5.33 Å². The summed E-state index contributed by atoms with van der Waals surface area (Å²) in [6.45, 7) is 0. The van der Waals surface area contributed by atoms with Crippen molar-refractivity contribution < 1.29 is 13.9 Å². The molecule has 0 unspecified atom stereocenters. The molecule has 0 fully saturated rings. The number of aromatic nitrogens is 1.